The van der Waals surface area contributed by atoms with Gasteiger partial charge in [0.1, 0.15) is 5.82 Å². The maximum Gasteiger partial charge on any atom is 0.229 e. The van der Waals surface area contributed by atoms with E-state index >= 15 is 0 Å². The van der Waals surface area contributed by atoms with Gasteiger partial charge >= 0.3 is 0 Å². The molecular formula is C17H19N5O. The highest BCUT2D eigenvalue weighted by molar-refractivity contribution is 5.91. The maximum atomic E-state index is 5.03. The first-order chi connectivity index (χ1) is 11.4. The van der Waals surface area contributed by atoms with Crippen LogP contribution in [0.4, 0.5) is 17.5 Å². The number of benzene rings is 1. The van der Waals surface area contributed by atoms with Crippen LogP contribution in [0.5, 0.6) is 0 Å². The third kappa shape index (κ3) is 3.92. The molecule has 0 aliphatic carbocycles. The topological polar surface area (TPSA) is 72.0 Å². The molecule has 3 aromatic rings. The SMILES string of the molecule is COCCCNc1ccnc(Nc2cccc3cccnc23)n1. The number of fused-ring (bicyclic) bond motifs is 1. The first-order valence-corrected chi connectivity index (χ1v) is 7.53. The Bertz CT molecular complexity index is 772. The predicted octanol–water partition coefficient (Wildman–Crippen LogP) is 3.22. The van der Waals surface area contributed by atoms with E-state index in [-0.39, 0.29) is 0 Å². The molecule has 0 radical (unpaired) electrons. The van der Waals surface area contributed by atoms with Crippen LogP contribution < -0.4 is 10.6 Å². The number of hydrogen-bond acceptors (Lipinski definition) is 6. The second kappa shape index (κ2) is 7.51. The Morgan fingerprint density at radius 3 is 2.87 bits per heavy atom. The van der Waals surface area contributed by atoms with Crippen molar-refractivity contribution in [1.82, 2.24) is 15.0 Å². The summed E-state index contributed by atoms with van der Waals surface area (Å²) in [5.74, 6) is 1.33. The van der Waals surface area contributed by atoms with Gasteiger partial charge in [-0.2, -0.15) is 4.98 Å². The fourth-order valence-corrected chi connectivity index (χ4v) is 2.28. The van der Waals surface area contributed by atoms with Crippen LogP contribution in [0.3, 0.4) is 0 Å². The van der Waals surface area contributed by atoms with Crippen molar-refractivity contribution < 1.29 is 4.74 Å². The molecule has 118 valence electrons. The van der Waals surface area contributed by atoms with Gasteiger partial charge in [-0.05, 0) is 24.6 Å². The van der Waals surface area contributed by atoms with Gasteiger partial charge in [0.05, 0.1) is 11.2 Å². The monoisotopic (exact) mass is 309 g/mol. The average Bonchev–Trinajstić information content (AvgIpc) is 2.60. The van der Waals surface area contributed by atoms with Gasteiger partial charge in [0.25, 0.3) is 0 Å². The molecule has 6 nitrogen and oxygen atoms in total. The first-order valence-electron chi connectivity index (χ1n) is 7.53. The molecule has 0 unspecified atom stereocenters. The molecule has 0 saturated carbocycles. The van der Waals surface area contributed by atoms with Gasteiger partial charge in [0.15, 0.2) is 0 Å². The summed E-state index contributed by atoms with van der Waals surface area (Å²) in [5, 5.41) is 7.57. The first kappa shape index (κ1) is 15.2. The molecule has 0 fully saturated rings. The quantitative estimate of drug-likeness (QED) is 0.653. The van der Waals surface area contributed by atoms with Crippen LogP contribution in [0.2, 0.25) is 0 Å². The Morgan fingerprint density at radius 2 is 1.96 bits per heavy atom. The lowest BCUT2D eigenvalue weighted by atomic mass is 10.2. The van der Waals surface area contributed by atoms with Crippen LogP contribution in [0, 0.1) is 0 Å². The highest BCUT2D eigenvalue weighted by Crippen LogP contribution is 2.23. The van der Waals surface area contributed by atoms with Gasteiger partial charge in [-0.1, -0.05) is 18.2 Å². The van der Waals surface area contributed by atoms with E-state index in [0.29, 0.717) is 5.95 Å². The summed E-state index contributed by atoms with van der Waals surface area (Å²) in [6.07, 6.45) is 4.44. The number of anilines is 3. The summed E-state index contributed by atoms with van der Waals surface area (Å²) in [7, 11) is 1.70. The Morgan fingerprint density at radius 1 is 1.04 bits per heavy atom. The van der Waals surface area contributed by atoms with E-state index in [4.69, 9.17) is 4.74 Å². The highest BCUT2D eigenvalue weighted by Gasteiger charge is 2.04. The third-order valence-electron chi connectivity index (χ3n) is 3.37. The number of para-hydroxylation sites is 1. The summed E-state index contributed by atoms with van der Waals surface area (Å²) < 4.78 is 5.03. The van der Waals surface area contributed by atoms with Crippen LogP contribution in [0.1, 0.15) is 6.42 Å². The third-order valence-corrected chi connectivity index (χ3v) is 3.37. The number of pyridine rings is 1. The normalized spacial score (nSPS) is 10.7. The zero-order valence-corrected chi connectivity index (χ0v) is 13.0. The van der Waals surface area contributed by atoms with Crippen LogP contribution in [0.25, 0.3) is 10.9 Å². The number of aromatic nitrogens is 3. The van der Waals surface area contributed by atoms with Crippen molar-refractivity contribution >= 4 is 28.4 Å². The molecule has 0 bridgehead atoms. The number of hydrogen-bond donors (Lipinski definition) is 2. The molecule has 1 aromatic carbocycles. The summed E-state index contributed by atoms with van der Waals surface area (Å²) in [4.78, 5) is 13.2. The second-order valence-corrected chi connectivity index (χ2v) is 5.04. The van der Waals surface area contributed by atoms with E-state index in [1.807, 2.05) is 36.4 Å². The van der Waals surface area contributed by atoms with Crippen molar-refractivity contribution in [2.24, 2.45) is 0 Å². The number of nitrogens with one attached hydrogen (secondary N) is 2. The van der Waals surface area contributed by atoms with Crippen molar-refractivity contribution in [2.75, 3.05) is 30.9 Å². The molecule has 0 amide bonds. The van der Waals surface area contributed by atoms with E-state index in [9.17, 15) is 0 Å². The Labute approximate surface area is 135 Å². The summed E-state index contributed by atoms with van der Waals surface area (Å²) >= 11 is 0. The summed E-state index contributed by atoms with van der Waals surface area (Å²) in [6.45, 7) is 1.53. The molecular weight excluding hydrogens is 290 g/mol. The standard InChI is InChI=1S/C17H19N5O/c1-23-12-4-10-18-15-8-11-20-17(22-15)21-14-7-2-5-13-6-3-9-19-16(13)14/h2-3,5-9,11H,4,10,12H2,1H3,(H2,18,20,21,22). The molecule has 3 rings (SSSR count). The molecule has 0 spiro atoms. The number of methoxy groups -OCH3 is 1. The van der Waals surface area contributed by atoms with E-state index in [2.05, 4.69) is 25.6 Å². The molecule has 23 heavy (non-hydrogen) atoms. The highest BCUT2D eigenvalue weighted by atomic mass is 16.5. The smallest absolute Gasteiger partial charge is 0.229 e. The van der Waals surface area contributed by atoms with Gasteiger partial charge in [-0.3, -0.25) is 4.98 Å². The van der Waals surface area contributed by atoms with Crippen LogP contribution in [-0.4, -0.2) is 35.2 Å². The zero-order chi connectivity index (χ0) is 15.9. The van der Waals surface area contributed by atoms with Gasteiger partial charge < -0.3 is 15.4 Å². The van der Waals surface area contributed by atoms with Crippen molar-refractivity contribution in [1.29, 1.82) is 0 Å². The Balaban J connectivity index is 1.74. The zero-order valence-electron chi connectivity index (χ0n) is 13.0. The van der Waals surface area contributed by atoms with Crippen molar-refractivity contribution in [3.8, 4) is 0 Å². The van der Waals surface area contributed by atoms with E-state index in [1.54, 1.807) is 19.5 Å². The lowest BCUT2D eigenvalue weighted by Gasteiger charge is -2.09. The minimum Gasteiger partial charge on any atom is -0.385 e. The minimum absolute atomic E-state index is 0.542. The van der Waals surface area contributed by atoms with Gasteiger partial charge in [-0.15, -0.1) is 0 Å². The van der Waals surface area contributed by atoms with Gasteiger partial charge in [0.2, 0.25) is 5.95 Å². The fraction of sp³-hybridized carbons (Fsp3) is 0.235. The molecule has 0 aliphatic rings. The molecule has 0 saturated heterocycles. The molecule has 2 aromatic heterocycles. The summed E-state index contributed by atoms with van der Waals surface area (Å²) in [6, 6.07) is 11.8. The van der Waals surface area contributed by atoms with Crippen molar-refractivity contribution in [3.05, 3.63) is 48.8 Å². The second-order valence-electron chi connectivity index (χ2n) is 5.04. The average molecular weight is 309 g/mol. The van der Waals surface area contributed by atoms with Crippen molar-refractivity contribution in [2.45, 2.75) is 6.42 Å². The number of rotatable bonds is 7. The predicted molar refractivity (Wildman–Crippen MR) is 92.0 cm³/mol. The molecule has 2 heterocycles. The fourth-order valence-electron chi connectivity index (χ4n) is 2.28. The van der Waals surface area contributed by atoms with Gasteiger partial charge in [-0.25, -0.2) is 4.98 Å². The van der Waals surface area contributed by atoms with Gasteiger partial charge in [0, 0.05) is 38.0 Å². The number of nitrogens with zero attached hydrogens (tertiary/aromatic N) is 3. The van der Waals surface area contributed by atoms with E-state index < -0.39 is 0 Å². The van der Waals surface area contributed by atoms with Crippen molar-refractivity contribution in [3.63, 3.8) is 0 Å². The minimum atomic E-state index is 0.542. The molecule has 0 aliphatic heterocycles. The number of ether oxygens (including phenoxy) is 1. The van der Waals surface area contributed by atoms with Crippen LogP contribution >= 0.6 is 0 Å². The van der Waals surface area contributed by atoms with Crippen LogP contribution in [-0.2, 0) is 4.74 Å². The Hall–Kier alpha value is -2.73. The largest absolute Gasteiger partial charge is 0.385 e. The van der Waals surface area contributed by atoms with Crippen LogP contribution in [0.15, 0.2) is 48.8 Å². The molecule has 2 N–H and O–H groups in total. The van der Waals surface area contributed by atoms with E-state index in [1.165, 1.54) is 0 Å². The molecule has 0 atom stereocenters. The Kier molecular flexibility index (Phi) is 4.95. The van der Waals surface area contributed by atoms with E-state index in [0.717, 1.165) is 42.0 Å². The summed E-state index contributed by atoms with van der Waals surface area (Å²) in [5.41, 5.74) is 1.79. The lowest BCUT2D eigenvalue weighted by molar-refractivity contribution is 0.198. The maximum absolute atomic E-state index is 5.03. The lowest BCUT2D eigenvalue weighted by Crippen LogP contribution is -2.07. The molecule has 6 heteroatoms.